The van der Waals surface area contributed by atoms with Crippen molar-refractivity contribution in [3.8, 4) is 0 Å². The first-order valence-corrected chi connectivity index (χ1v) is 5.26. The fourth-order valence-corrected chi connectivity index (χ4v) is 1.17. The molecule has 1 atom stereocenters. The van der Waals surface area contributed by atoms with Gasteiger partial charge in [-0.15, -0.1) is 0 Å². The number of ether oxygens (including phenoxy) is 2. The molecule has 1 aliphatic heterocycles. The lowest BCUT2D eigenvalue weighted by atomic mass is 10.3. The molecule has 1 rings (SSSR count). The summed E-state index contributed by atoms with van der Waals surface area (Å²) >= 11 is 0. The first-order chi connectivity index (χ1) is 7.72. The van der Waals surface area contributed by atoms with Gasteiger partial charge in [-0.05, 0) is 19.4 Å². The summed E-state index contributed by atoms with van der Waals surface area (Å²) < 4.78 is 10.6. The zero-order chi connectivity index (χ0) is 11.8. The minimum absolute atomic E-state index is 0.0523. The normalized spacial score (nSPS) is 21.5. The number of allylic oxidation sites excluding steroid dienone is 5. The van der Waals surface area contributed by atoms with E-state index in [1.165, 1.54) is 0 Å². The third-order valence-corrected chi connectivity index (χ3v) is 1.95. The molecular weight excluding hydrogens is 204 g/mol. The van der Waals surface area contributed by atoms with Crippen LogP contribution in [-0.4, -0.2) is 25.3 Å². The molecule has 1 aliphatic rings. The SMILES string of the molecule is C/C=C/C=C\C(C)=C\OCC1CN=C(N)O1. The third-order valence-electron chi connectivity index (χ3n) is 1.95. The molecule has 16 heavy (non-hydrogen) atoms. The number of nitrogens with two attached hydrogens (primary N) is 1. The van der Waals surface area contributed by atoms with Gasteiger partial charge in [0.1, 0.15) is 6.61 Å². The Morgan fingerprint density at radius 1 is 1.62 bits per heavy atom. The van der Waals surface area contributed by atoms with E-state index in [2.05, 4.69) is 4.99 Å². The minimum atomic E-state index is -0.0523. The van der Waals surface area contributed by atoms with Crippen LogP contribution in [0.1, 0.15) is 13.8 Å². The number of aliphatic imine (C=N–C) groups is 1. The molecule has 0 saturated carbocycles. The summed E-state index contributed by atoms with van der Waals surface area (Å²) in [6.07, 6.45) is 9.52. The number of hydrogen-bond donors (Lipinski definition) is 1. The summed E-state index contributed by atoms with van der Waals surface area (Å²) in [6, 6.07) is 0.252. The average Bonchev–Trinajstić information content (AvgIpc) is 2.65. The molecule has 0 fully saturated rings. The van der Waals surface area contributed by atoms with E-state index >= 15 is 0 Å². The van der Waals surface area contributed by atoms with Crippen LogP contribution < -0.4 is 5.73 Å². The summed E-state index contributed by atoms with van der Waals surface area (Å²) in [6.45, 7) is 4.99. The Kier molecular flexibility index (Phi) is 5.19. The smallest absolute Gasteiger partial charge is 0.282 e. The zero-order valence-electron chi connectivity index (χ0n) is 9.72. The second-order valence-electron chi connectivity index (χ2n) is 3.50. The van der Waals surface area contributed by atoms with E-state index in [4.69, 9.17) is 15.2 Å². The third kappa shape index (κ3) is 4.68. The van der Waals surface area contributed by atoms with Crippen molar-refractivity contribution >= 4 is 6.02 Å². The van der Waals surface area contributed by atoms with Crippen molar-refractivity contribution < 1.29 is 9.47 Å². The predicted octanol–water partition coefficient (Wildman–Crippen LogP) is 1.75. The van der Waals surface area contributed by atoms with Crippen molar-refractivity contribution in [2.75, 3.05) is 13.2 Å². The van der Waals surface area contributed by atoms with Crippen molar-refractivity contribution in [3.05, 3.63) is 36.1 Å². The maximum Gasteiger partial charge on any atom is 0.282 e. The first kappa shape index (κ1) is 12.4. The average molecular weight is 222 g/mol. The molecule has 1 unspecified atom stereocenters. The van der Waals surface area contributed by atoms with Crippen LogP contribution in [0.5, 0.6) is 0 Å². The molecule has 0 aliphatic carbocycles. The summed E-state index contributed by atoms with van der Waals surface area (Å²) in [5.74, 6) is 0. The van der Waals surface area contributed by atoms with E-state index < -0.39 is 0 Å². The predicted molar refractivity (Wildman–Crippen MR) is 65.0 cm³/mol. The highest BCUT2D eigenvalue weighted by Crippen LogP contribution is 2.03. The maximum absolute atomic E-state index is 5.38. The second kappa shape index (κ2) is 6.71. The van der Waals surface area contributed by atoms with Gasteiger partial charge in [0.25, 0.3) is 6.02 Å². The van der Waals surface area contributed by atoms with E-state index in [1.807, 2.05) is 38.2 Å². The number of amidine groups is 1. The van der Waals surface area contributed by atoms with Gasteiger partial charge in [-0.2, -0.15) is 0 Å². The van der Waals surface area contributed by atoms with Crippen molar-refractivity contribution in [1.29, 1.82) is 0 Å². The molecule has 0 bridgehead atoms. The van der Waals surface area contributed by atoms with Crippen molar-refractivity contribution in [1.82, 2.24) is 0 Å². The van der Waals surface area contributed by atoms with Gasteiger partial charge < -0.3 is 15.2 Å². The Bertz CT molecular complexity index is 330. The van der Waals surface area contributed by atoms with Crippen LogP contribution in [0.25, 0.3) is 0 Å². The van der Waals surface area contributed by atoms with E-state index in [-0.39, 0.29) is 12.1 Å². The topological polar surface area (TPSA) is 56.8 Å². The van der Waals surface area contributed by atoms with Gasteiger partial charge in [0.05, 0.1) is 12.8 Å². The molecule has 1 heterocycles. The fourth-order valence-electron chi connectivity index (χ4n) is 1.17. The van der Waals surface area contributed by atoms with Crippen molar-refractivity contribution in [2.45, 2.75) is 20.0 Å². The highest BCUT2D eigenvalue weighted by molar-refractivity contribution is 5.72. The molecule has 0 aromatic carbocycles. The van der Waals surface area contributed by atoms with E-state index in [0.29, 0.717) is 13.2 Å². The number of hydrogen-bond acceptors (Lipinski definition) is 4. The summed E-state index contributed by atoms with van der Waals surface area (Å²) in [4.78, 5) is 3.92. The molecule has 2 N–H and O–H groups in total. The van der Waals surface area contributed by atoms with Gasteiger partial charge in [0, 0.05) is 0 Å². The summed E-state index contributed by atoms with van der Waals surface area (Å²) in [7, 11) is 0. The van der Waals surface area contributed by atoms with Crippen LogP contribution in [0.4, 0.5) is 0 Å². The largest absolute Gasteiger partial charge is 0.497 e. The monoisotopic (exact) mass is 222 g/mol. The minimum Gasteiger partial charge on any atom is -0.497 e. The lowest BCUT2D eigenvalue weighted by Crippen LogP contribution is -2.22. The van der Waals surface area contributed by atoms with Gasteiger partial charge in [-0.25, -0.2) is 4.99 Å². The van der Waals surface area contributed by atoms with Gasteiger partial charge in [0.2, 0.25) is 0 Å². The Morgan fingerprint density at radius 2 is 2.44 bits per heavy atom. The molecule has 0 saturated heterocycles. The van der Waals surface area contributed by atoms with Gasteiger partial charge in [-0.1, -0.05) is 24.3 Å². The highest BCUT2D eigenvalue weighted by Gasteiger charge is 2.17. The standard InChI is InChI=1S/C12H18N2O2/c1-3-4-5-6-10(2)8-15-9-11-7-14-12(13)16-11/h3-6,8,11H,7,9H2,1-2H3,(H2,13,14)/b4-3+,6-5-,10-8+. The van der Waals surface area contributed by atoms with Gasteiger partial charge in [0.15, 0.2) is 6.10 Å². The zero-order valence-corrected chi connectivity index (χ0v) is 9.72. The van der Waals surface area contributed by atoms with Gasteiger partial charge >= 0.3 is 0 Å². The number of nitrogens with zero attached hydrogens (tertiary/aromatic N) is 1. The van der Waals surface area contributed by atoms with Crippen LogP contribution in [0.2, 0.25) is 0 Å². The molecule has 0 aromatic rings. The van der Waals surface area contributed by atoms with Crippen LogP contribution in [-0.2, 0) is 9.47 Å². The number of rotatable bonds is 5. The Morgan fingerprint density at radius 3 is 3.06 bits per heavy atom. The second-order valence-corrected chi connectivity index (χ2v) is 3.50. The molecule has 0 radical (unpaired) electrons. The van der Waals surface area contributed by atoms with E-state index in [9.17, 15) is 0 Å². The van der Waals surface area contributed by atoms with Crippen LogP contribution in [0.15, 0.2) is 41.1 Å². The summed E-state index contributed by atoms with van der Waals surface area (Å²) in [5, 5.41) is 0. The molecule has 4 heteroatoms. The first-order valence-electron chi connectivity index (χ1n) is 5.26. The van der Waals surface area contributed by atoms with Crippen LogP contribution in [0, 0.1) is 0 Å². The fraction of sp³-hybridized carbons (Fsp3) is 0.417. The Balaban J connectivity index is 2.21. The molecule has 0 aromatic heterocycles. The van der Waals surface area contributed by atoms with Gasteiger partial charge in [-0.3, -0.25) is 0 Å². The molecule has 88 valence electrons. The molecular formula is C12H18N2O2. The lowest BCUT2D eigenvalue weighted by Gasteiger charge is -2.08. The lowest BCUT2D eigenvalue weighted by molar-refractivity contribution is 0.113. The molecule has 0 spiro atoms. The van der Waals surface area contributed by atoms with Crippen molar-refractivity contribution in [2.24, 2.45) is 10.7 Å². The Labute approximate surface area is 96.1 Å². The molecule has 0 amide bonds. The van der Waals surface area contributed by atoms with E-state index in [1.54, 1.807) is 6.26 Å². The maximum atomic E-state index is 5.38. The quantitative estimate of drug-likeness (QED) is 0.569. The Hall–Kier alpha value is -1.71. The van der Waals surface area contributed by atoms with E-state index in [0.717, 1.165) is 5.57 Å². The summed E-state index contributed by atoms with van der Waals surface area (Å²) in [5.41, 5.74) is 6.42. The van der Waals surface area contributed by atoms with Crippen molar-refractivity contribution in [3.63, 3.8) is 0 Å². The highest BCUT2D eigenvalue weighted by atomic mass is 16.5. The van der Waals surface area contributed by atoms with Crippen LogP contribution in [0.3, 0.4) is 0 Å². The molecule has 4 nitrogen and oxygen atoms in total. The van der Waals surface area contributed by atoms with Crippen LogP contribution >= 0.6 is 0 Å².